The van der Waals surface area contributed by atoms with Gasteiger partial charge in [0, 0.05) is 5.41 Å². The van der Waals surface area contributed by atoms with Crippen LogP contribution in [0.3, 0.4) is 0 Å². The number of aldehydes is 1. The smallest absolute Gasteiger partial charge is 0.140 e. The van der Waals surface area contributed by atoms with Gasteiger partial charge >= 0.3 is 0 Å². The fourth-order valence-electron chi connectivity index (χ4n) is 2.37. The van der Waals surface area contributed by atoms with Crippen LogP contribution in [0.5, 0.6) is 0 Å². The second-order valence-electron chi connectivity index (χ2n) is 3.91. The highest BCUT2D eigenvalue weighted by molar-refractivity contribution is 5.71. The summed E-state index contributed by atoms with van der Waals surface area (Å²) < 4.78 is 0. The van der Waals surface area contributed by atoms with Crippen molar-refractivity contribution in [1.29, 1.82) is 5.26 Å². The van der Waals surface area contributed by atoms with Crippen molar-refractivity contribution in [3.8, 4) is 6.07 Å². The molecule has 2 fully saturated rings. The van der Waals surface area contributed by atoms with Gasteiger partial charge in [-0.25, -0.2) is 0 Å². The summed E-state index contributed by atoms with van der Waals surface area (Å²) in [7, 11) is 0. The van der Waals surface area contributed by atoms with Gasteiger partial charge in [0.1, 0.15) is 11.7 Å². The van der Waals surface area contributed by atoms with Gasteiger partial charge in [-0.05, 0) is 32.4 Å². The maximum absolute atomic E-state index is 10.8. The van der Waals surface area contributed by atoms with Gasteiger partial charge < -0.3 is 10.1 Å². The van der Waals surface area contributed by atoms with Crippen molar-refractivity contribution in [2.45, 2.75) is 19.3 Å². The molecule has 3 nitrogen and oxygen atoms in total. The van der Waals surface area contributed by atoms with Crippen LogP contribution in [0.2, 0.25) is 0 Å². The average Bonchev–Trinajstić information content (AvgIpc) is 2.75. The van der Waals surface area contributed by atoms with Crippen molar-refractivity contribution in [3.05, 3.63) is 0 Å². The van der Waals surface area contributed by atoms with Crippen molar-refractivity contribution in [3.63, 3.8) is 0 Å². The molecule has 2 aliphatic rings. The Balaban J connectivity index is 2.17. The van der Waals surface area contributed by atoms with Crippen molar-refractivity contribution in [1.82, 2.24) is 5.32 Å². The van der Waals surface area contributed by atoms with Crippen LogP contribution in [0.1, 0.15) is 19.3 Å². The molecule has 1 saturated heterocycles. The lowest BCUT2D eigenvalue weighted by Gasteiger charge is -2.23. The molecule has 0 radical (unpaired) electrons. The van der Waals surface area contributed by atoms with E-state index in [1.165, 1.54) is 0 Å². The minimum Gasteiger partial charge on any atom is -0.317 e. The number of nitrogens with zero attached hydrogens (tertiary/aromatic N) is 1. The zero-order valence-electron chi connectivity index (χ0n) is 6.97. The molecule has 0 aromatic carbocycles. The van der Waals surface area contributed by atoms with E-state index in [-0.39, 0.29) is 5.41 Å². The normalized spacial score (nSPS) is 37.2. The van der Waals surface area contributed by atoms with Gasteiger partial charge in [-0.15, -0.1) is 0 Å². The summed E-state index contributed by atoms with van der Waals surface area (Å²) in [5, 5.41) is 12.1. The van der Waals surface area contributed by atoms with Gasteiger partial charge in [0.05, 0.1) is 6.07 Å². The summed E-state index contributed by atoms with van der Waals surface area (Å²) in [6, 6.07) is 2.17. The summed E-state index contributed by atoms with van der Waals surface area (Å²) in [6.45, 7) is 1.91. The Morgan fingerprint density at radius 1 is 1.42 bits per heavy atom. The van der Waals surface area contributed by atoms with Crippen molar-refractivity contribution in [2.24, 2.45) is 10.8 Å². The Bertz CT molecular complexity index is 250. The summed E-state index contributed by atoms with van der Waals surface area (Å²) in [5.74, 6) is 0. The molecule has 0 aromatic heterocycles. The van der Waals surface area contributed by atoms with E-state index in [0.29, 0.717) is 0 Å². The molecule has 1 spiro atoms. The van der Waals surface area contributed by atoms with Crippen LogP contribution in [0.25, 0.3) is 0 Å². The predicted molar refractivity (Wildman–Crippen MR) is 43.3 cm³/mol. The lowest BCUT2D eigenvalue weighted by Crippen LogP contribution is -2.32. The third-order valence-corrected chi connectivity index (χ3v) is 3.40. The number of nitriles is 1. The fourth-order valence-corrected chi connectivity index (χ4v) is 2.37. The number of piperidine rings is 1. The van der Waals surface area contributed by atoms with E-state index in [9.17, 15) is 4.79 Å². The zero-order valence-corrected chi connectivity index (χ0v) is 6.97. The summed E-state index contributed by atoms with van der Waals surface area (Å²) in [6.07, 6.45) is 3.62. The van der Waals surface area contributed by atoms with Crippen molar-refractivity contribution in [2.75, 3.05) is 13.1 Å². The molecule has 1 aliphatic carbocycles. The second kappa shape index (κ2) is 2.30. The third-order valence-electron chi connectivity index (χ3n) is 3.40. The van der Waals surface area contributed by atoms with Crippen LogP contribution < -0.4 is 5.32 Å². The SMILES string of the molecule is N#CC1(C=O)CC12CCNCC2. The number of hydrogen-bond donors (Lipinski definition) is 1. The van der Waals surface area contributed by atoms with Crippen LogP contribution in [-0.4, -0.2) is 19.4 Å². The Kier molecular flexibility index (Phi) is 1.49. The van der Waals surface area contributed by atoms with Gasteiger partial charge in [0.2, 0.25) is 0 Å². The van der Waals surface area contributed by atoms with Crippen LogP contribution >= 0.6 is 0 Å². The van der Waals surface area contributed by atoms with Gasteiger partial charge in [0.25, 0.3) is 0 Å². The molecule has 0 amide bonds. The molecule has 64 valence electrons. The number of carbonyl (C=O) groups excluding carboxylic acids is 1. The topological polar surface area (TPSA) is 52.9 Å². The largest absolute Gasteiger partial charge is 0.317 e. The highest BCUT2D eigenvalue weighted by Gasteiger charge is 2.67. The second-order valence-corrected chi connectivity index (χ2v) is 3.91. The van der Waals surface area contributed by atoms with E-state index in [1.54, 1.807) is 0 Å². The fraction of sp³-hybridized carbons (Fsp3) is 0.778. The quantitative estimate of drug-likeness (QED) is 0.573. The van der Waals surface area contributed by atoms with E-state index >= 15 is 0 Å². The maximum Gasteiger partial charge on any atom is 0.140 e. The van der Waals surface area contributed by atoms with E-state index in [4.69, 9.17) is 5.26 Å². The van der Waals surface area contributed by atoms with Crippen molar-refractivity contribution < 1.29 is 4.79 Å². The number of rotatable bonds is 1. The lowest BCUT2D eigenvalue weighted by atomic mass is 9.86. The first-order valence-corrected chi connectivity index (χ1v) is 4.37. The predicted octanol–water partition coefficient (Wildman–Crippen LogP) is 0.469. The molecule has 0 bridgehead atoms. The molecular formula is C9H12N2O. The summed E-state index contributed by atoms with van der Waals surface area (Å²) in [5.41, 5.74) is -0.566. The highest BCUT2D eigenvalue weighted by Crippen LogP contribution is 2.66. The standard InChI is InChI=1S/C9H12N2O/c10-6-9(7-12)5-8(9)1-3-11-4-2-8/h7,11H,1-5H2. The minimum absolute atomic E-state index is 0.0503. The molecule has 1 unspecified atom stereocenters. The van der Waals surface area contributed by atoms with Gasteiger partial charge in [-0.1, -0.05) is 0 Å². The lowest BCUT2D eigenvalue weighted by molar-refractivity contribution is -0.111. The summed E-state index contributed by atoms with van der Waals surface area (Å²) >= 11 is 0. The molecule has 1 aliphatic heterocycles. The molecule has 3 heteroatoms. The number of nitrogens with one attached hydrogen (secondary N) is 1. The molecular weight excluding hydrogens is 152 g/mol. The molecule has 1 heterocycles. The van der Waals surface area contributed by atoms with E-state index in [0.717, 1.165) is 38.6 Å². The van der Waals surface area contributed by atoms with Crippen LogP contribution in [0.4, 0.5) is 0 Å². The van der Waals surface area contributed by atoms with Crippen LogP contribution in [0, 0.1) is 22.2 Å². The first-order valence-electron chi connectivity index (χ1n) is 4.37. The molecule has 2 rings (SSSR count). The summed E-state index contributed by atoms with van der Waals surface area (Å²) in [4.78, 5) is 10.8. The Hall–Kier alpha value is -0.880. The maximum atomic E-state index is 10.8. The molecule has 1 atom stereocenters. The molecule has 0 aromatic rings. The van der Waals surface area contributed by atoms with Crippen molar-refractivity contribution >= 4 is 6.29 Å². The minimum atomic E-state index is -0.616. The third kappa shape index (κ3) is 0.760. The molecule has 1 N–H and O–H groups in total. The van der Waals surface area contributed by atoms with E-state index < -0.39 is 5.41 Å². The Morgan fingerprint density at radius 3 is 2.50 bits per heavy atom. The monoisotopic (exact) mass is 164 g/mol. The van der Waals surface area contributed by atoms with E-state index in [2.05, 4.69) is 11.4 Å². The average molecular weight is 164 g/mol. The highest BCUT2D eigenvalue weighted by atomic mass is 16.1. The van der Waals surface area contributed by atoms with Gasteiger partial charge in [-0.2, -0.15) is 5.26 Å². The number of hydrogen-bond acceptors (Lipinski definition) is 3. The van der Waals surface area contributed by atoms with Gasteiger partial charge in [0.15, 0.2) is 0 Å². The first-order chi connectivity index (χ1) is 5.79. The van der Waals surface area contributed by atoms with Crippen LogP contribution in [0.15, 0.2) is 0 Å². The molecule has 1 saturated carbocycles. The first kappa shape index (κ1) is 7.75. The van der Waals surface area contributed by atoms with E-state index in [1.807, 2.05) is 0 Å². The van der Waals surface area contributed by atoms with Gasteiger partial charge in [-0.3, -0.25) is 0 Å². The Labute approximate surface area is 71.8 Å². The zero-order chi connectivity index (χ0) is 8.66. The number of carbonyl (C=O) groups is 1. The Morgan fingerprint density at radius 2 is 2.08 bits per heavy atom. The molecule has 12 heavy (non-hydrogen) atoms. The van der Waals surface area contributed by atoms with Crippen LogP contribution in [-0.2, 0) is 4.79 Å².